The van der Waals surface area contributed by atoms with Crippen LogP contribution in [0.4, 0.5) is 0 Å². The molecule has 3 nitrogen and oxygen atoms in total. The number of ether oxygens (including phenoxy) is 1. The fraction of sp³-hybridized carbons (Fsp3) is 0.417. The minimum absolute atomic E-state index is 0.198. The minimum Gasteiger partial charge on any atom is -0.469 e. The standard InChI is InChI=1S/C12H15ClO3/c1-8-3-4-9(13)7-10(8)11(14)5-6-12(15)16-2/h3-4,7,11,14H,5-6H2,1-2H3. The van der Waals surface area contributed by atoms with Crippen LogP contribution in [0.5, 0.6) is 0 Å². The molecule has 88 valence electrons. The van der Waals surface area contributed by atoms with Gasteiger partial charge in [0, 0.05) is 11.4 Å². The van der Waals surface area contributed by atoms with Gasteiger partial charge in [-0.3, -0.25) is 4.79 Å². The molecule has 0 spiro atoms. The van der Waals surface area contributed by atoms with Gasteiger partial charge in [-0.2, -0.15) is 0 Å². The Kier molecular flexibility index (Phi) is 4.77. The third-order valence-corrected chi connectivity index (χ3v) is 2.68. The van der Waals surface area contributed by atoms with Crippen LogP contribution >= 0.6 is 11.6 Å². The Bertz CT molecular complexity index is 377. The van der Waals surface area contributed by atoms with E-state index in [0.717, 1.165) is 11.1 Å². The van der Waals surface area contributed by atoms with Crippen LogP contribution in [0.1, 0.15) is 30.1 Å². The van der Waals surface area contributed by atoms with Crippen molar-refractivity contribution >= 4 is 17.6 Å². The normalized spacial score (nSPS) is 12.2. The summed E-state index contributed by atoms with van der Waals surface area (Å²) in [5, 5.41) is 10.5. The van der Waals surface area contributed by atoms with E-state index >= 15 is 0 Å². The fourth-order valence-electron chi connectivity index (χ4n) is 1.48. The van der Waals surface area contributed by atoms with Crippen molar-refractivity contribution in [2.45, 2.75) is 25.9 Å². The van der Waals surface area contributed by atoms with Gasteiger partial charge in [0.25, 0.3) is 0 Å². The molecule has 0 amide bonds. The zero-order valence-corrected chi connectivity index (χ0v) is 10.1. The van der Waals surface area contributed by atoms with E-state index in [-0.39, 0.29) is 12.4 Å². The summed E-state index contributed by atoms with van der Waals surface area (Å²) in [6.07, 6.45) is -0.143. The molecule has 1 atom stereocenters. The molecule has 1 rings (SSSR count). The number of aryl methyl sites for hydroxylation is 1. The van der Waals surface area contributed by atoms with Gasteiger partial charge in [-0.15, -0.1) is 0 Å². The number of aliphatic hydroxyl groups excluding tert-OH is 1. The zero-order valence-electron chi connectivity index (χ0n) is 9.37. The molecular formula is C12H15ClO3. The summed E-state index contributed by atoms with van der Waals surface area (Å²) in [6, 6.07) is 5.34. The Labute approximate surface area is 100.0 Å². The Morgan fingerprint density at radius 2 is 2.25 bits per heavy atom. The lowest BCUT2D eigenvalue weighted by molar-refractivity contribution is -0.141. The minimum atomic E-state index is -0.683. The molecule has 0 aromatic heterocycles. The number of methoxy groups -OCH3 is 1. The first-order chi connectivity index (χ1) is 7.54. The van der Waals surface area contributed by atoms with Gasteiger partial charge in [-0.1, -0.05) is 17.7 Å². The van der Waals surface area contributed by atoms with Crippen LogP contribution in [0.2, 0.25) is 5.02 Å². The predicted octanol–water partition coefficient (Wildman–Crippen LogP) is 2.64. The molecule has 4 heteroatoms. The Morgan fingerprint density at radius 3 is 2.88 bits per heavy atom. The Hall–Kier alpha value is -1.06. The molecule has 0 heterocycles. The van der Waals surface area contributed by atoms with Crippen LogP contribution < -0.4 is 0 Å². The number of hydrogen-bond donors (Lipinski definition) is 1. The van der Waals surface area contributed by atoms with Crippen LogP contribution in [0.15, 0.2) is 18.2 Å². The molecule has 0 aliphatic heterocycles. The van der Waals surface area contributed by atoms with Crippen LogP contribution in [0.3, 0.4) is 0 Å². The molecule has 1 aromatic rings. The average Bonchev–Trinajstić information content (AvgIpc) is 2.28. The van der Waals surface area contributed by atoms with E-state index in [1.807, 2.05) is 13.0 Å². The average molecular weight is 243 g/mol. The SMILES string of the molecule is COC(=O)CCC(O)c1cc(Cl)ccc1C. The molecule has 0 aliphatic rings. The number of halogens is 1. The lowest BCUT2D eigenvalue weighted by Gasteiger charge is -2.13. The van der Waals surface area contributed by atoms with E-state index in [4.69, 9.17) is 11.6 Å². The summed E-state index contributed by atoms with van der Waals surface area (Å²) in [4.78, 5) is 10.9. The van der Waals surface area contributed by atoms with Gasteiger partial charge >= 0.3 is 5.97 Å². The van der Waals surface area contributed by atoms with Gasteiger partial charge in [0.05, 0.1) is 13.2 Å². The number of rotatable bonds is 4. The Balaban J connectivity index is 2.68. The van der Waals surface area contributed by atoms with Crippen LogP contribution in [-0.4, -0.2) is 18.2 Å². The fourth-order valence-corrected chi connectivity index (χ4v) is 1.66. The van der Waals surface area contributed by atoms with Crippen molar-refractivity contribution in [1.29, 1.82) is 0 Å². The van der Waals surface area contributed by atoms with Crippen LogP contribution in [0.25, 0.3) is 0 Å². The summed E-state index contributed by atoms with van der Waals surface area (Å²) < 4.78 is 4.51. The van der Waals surface area contributed by atoms with E-state index in [9.17, 15) is 9.90 Å². The van der Waals surface area contributed by atoms with Crippen molar-refractivity contribution in [2.24, 2.45) is 0 Å². The highest BCUT2D eigenvalue weighted by molar-refractivity contribution is 6.30. The van der Waals surface area contributed by atoms with Crippen molar-refractivity contribution in [2.75, 3.05) is 7.11 Å². The lowest BCUT2D eigenvalue weighted by atomic mass is 10.00. The number of hydrogen-bond acceptors (Lipinski definition) is 3. The molecule has 0 aliphatic carbocycles. The van der Waals surface area contributed by atoms with E-state index < -0.39 is 6.10 Å². The summed E-state index contributed by atoms with van der Waals surface area (Å²) in [6.45, 7) is 1.90. The first-order valence-corrected chi connectivity index (χ1v) is 5.43. The van der Waals surface area contributed by atoms with E-state index in [0.29, 0.717) is 11.4 Å². The molecule has 0 bridgehead atoms. The summed E-state index contributed by atoms with van der Waals surface area (Å²) in [5.74, 6) is -0.321. The molecule has 0 fully saturated rings. The maximum atomic E-state index is 10.9. The largest absolute Gasteiger partial charge is 0.469 e. The molecule has 0 saturated carbocycles. The van der Waals surface area contributed by atoms with Crippen molar-refractivity contribution in [1.82, 2.24) is 0 Å². The highest BCUT2D eigenvalue weighted by Crippen LogP contribution is 2.25. The third kappa shape index (κ3) is 3.51. The van der Waals surface area contributed by atoms with Gasteiger partial charge in [-0.25, -0.2) is 0 Å². The number of aliphatic hydroxyl groups is 1. The van der Waals surface area contributed by atoms with Gasteiger partial charge in [0.1, 0.15) is 0 Å². The third-order valence-electron chi connectivity index (χ3n) is 2.45. The van der Waals surface area contributed by atoms with Gasteiger partial charge in [0.2, 0.25) is 0 Å². The second-order valence-electron chi connectivity index (χ2n) is 3.63. The quantitative estimate of drug-likeness (QED) is 0.826. The van der Waals surface area contributed by atoms with Crippen molar-refractivity contribution in [3.05, 3.63) is 34.3 Å². The maximum absolute atomic E-state index is 10.9. The molecule has 0 saturated heterocycles. The topological polar surface area (TPSA) is 46.5 Å². The number of carbonyl (C=O) groups excluding carboxylic acids is 1. The second-order valence-corrected chi connectivity index (χ2v) is 4.07. The molecule has 1 N–H and O–H groups in total. The lowest BCUT2D eigenvalue weighted by Crippen LogP contribution is -2.06. The van der Waals surface area contributed by atoms with Crippen molar-refractivity contribution < 1.29 is 14.6 Å². The molecule has 1 unspecified atom stereocenters. The number of benzene rings is 1. The second kappa shape index (κ2) is 5.87. The molecule has 1 aromatic carbocycles. The van der Waals surface area contributed by atoms with Gasteiger partial charge in [0.15, 0.2) is 0 Å². The molecule has 16 heavy (non-hydrogen) atoms. The first-order valence-electron chi connectivity index (χ1n) is 5.05. The molecule has 0 radical (unpaired) electrons. The summed E-state index contributed by atoms with van der Waals surface area (Å²) in [7, 11) is 1.33. The van der Waals surface area contributed by atoms with Crippen LogP contribution in [0, 0.1) is 6.92 Å². The highest BCUT2D eigenvalue weighted by Gasteiger charge is 2.13. The Morgan fingerprint density at radius 1 is 1.56 bits per heavy atom. The predicted molar refractivity (Wildman–Crippen MR) is 62.4 cm³/mol. The summed E-state index contributed by atoms with van der Waals surface area (Å²) >= 11 is 5.85. The van der Waals surface area contributed by atoms with Gasteiger partial charge < -0.3 is 9.84 Å². The molecular weight excluding hydrogens is 228 g/mol. The maximum Gasteiger partial charge on any atom is 0.305 e. The monoisotopic (exact) mass is 242 g/mol. The highest BCUT2D eigenvalue weighted by atomic mass is 35.5. The smallest absolute Gasteiger partial charge is 0.305 e. The first kappa shape index (κ1) is 13.0. The number of esters is 1. The van der Waals surface area contributed by atoms with Gasteiger partial charge in [-0.05, 0) is 36.6 Å². The van der Waals surface area contributed by atoms with E-state index in [1.165, 1.54) is 7.11 Å². The van der Waals surface area contributed by atoms with Crippen LogP contribution in [-0.2, 0) is 9.53 Å². The zero-order chi connectivity index (χ0) is 12.1. The number of carbonyl (C=O) groups is 1. The summed E-state index contributed by atoms with van der Waals surface area (Å²) in [5.41, 5.74) is 1.72. The van der Waals surface area contributed by atoms with Crippen molar-refractivity contribution in [3.8, 4) is 0 Å². The van der Waals surface area contributed by atoms with E-state index in [2.05, 4.69) is 4.74 Å². The van der Waals surface area contributed by atoms with Crippen molar-refractivity contribution in [3.63, 3.8) is 0 Å². The van der Waals surface area contributed by atoms with E-state index in [1.54, 1.807) is 12.1 Å².